The fraction of sp³-hybridized carbons (Fsp3) is 0.333. The maximum Gasteiger partial charge on any atom is 0.388 e. The molecule has 11 heteroatoms. The van der Waals surface area contributed by atoms with Crippen LogP contribution in [-0.4, -0.2) is 42.7 Å². The van der Waals surface area contributed by atoms with Crippen molar-refractivity contribution in [3.8, 4) is 5.88 Å². The molecule has 0 atom stereocenters. The molecular formula is C21H21F2N7O2. The Kier molecular flexibility index (Phi) is 5.63. The van der Waals surface area contributed by atoms with E-state index in [1.807, 2.05) is 22.9 Å². The number of anilines is 2. The normalized spacial score (nSPS) is 18.1. The predicted molar refractivity (Wildman–Crippen MR) is 112 cm³/mol. The van der Waals surface area contributed by atoms with Crippen LogP contribution in [-0.2, 0) is 17.9 Å². The van der Waals surface area contributed by atoms with Crippen molar-refractivity contribution in [3.05, 3.63) is 54.4 Å². The highest BCUT2D eigenvalue weighted by atomic mass is 19.3. The number of alkyl halides is 2. The summed E-state index contributed by atoms with van der Waals surface area (Å²) in [7, 11) is 0. The summed E-state index contributed by atoms with van der Waals surface area (Å²) in [6.07, 6.45) is 5.42. The maximum atomic E-state index is 12.3. The molecule has 1 saturated carbocycles. The van der Waals surface area contributed by atoms with Crippen LogP contribution in [0.1, 0.15) is 18.4 Å². The van der Waals surface area contributed by atoms with E-state index in [0.29, 0.717) is 29.5 Å². The van der Waals surface area contributed by atoms with Crippen molar-refractivity contribution in [2.45, 2.75) is 38.7 Å². The highest BCUT2D eigenvalue weighted by Crippen LogP contribution is 2.32. The topological polar surface area (TPSA) is 103 Å². The van der Waals surface area contributed by atoms with Gasteiger partial charge in [0.2, 0.25) is 5.88 Å². The Morgan fingerprint density at radius 2 is 2.00 bits per heavy atom. The summed E-state index contributed by atoms with van der Waals surface area (Å²) in [5, 5.41) is 13.6. The van der Waals surface area contributed by atoms with Gasteiger partial charge in [-0.2, -0.15) is 19.0 Å². The van der Waals surface area contributed by atoms with E-state index in [1.54, 1.807) is 6.20 Å². The van der Waals surface area contributed by atoms with Crippen LogP contribution in [0.15, 0.2) is 48.8 Å². The van der Waals surface area contributed by atoms with Gasteiger partial charge in [-0.15, -0.1) is 0 Å². The van der Waals surface area contributed by atoms with Crippen LogP contribution in [0.5, 0.6) is 5.88 Å². The molecule has 3 heterocycles. The maximum absolute atomic E-state index is 12.3. The largest absolute Gasteiger partial charge is 0.417 e. The van der Waals surface area contributed by atoms with E-state index in [-0.39, 0.29) is 17.8 Å². The Balaban J connectivity index is 1.18. The zero-order valence-corrected chi connectivity index (χ0v) is 17.0. The van der Waals surface area contributed by atoms with Gasteiger partial charge in [-0.3, -0.25) is 0 Å². The van der Waals surface area contributed by atoms with Crippen LogP contribution >= 0.6 is 0 Å². The molecule has 0 amide bonds. The van der Waals surface area contributed by atoms with Crippen LogP contribution in [0.4, 0.5) is 20.4 Å². The van der Waals surface area contributed by atoms with Crippen molar-refractivity contribution >= 4 is 22.8 Å². The van der Waals surface area contributed by atoms with Crippen molar-refractivity contribution in [2.75, 3.05) is 5.32 Å². The number of nitrogens with zero attached hydrogens (tertiary/aromatic N) is 5. The van der Waals surface area contributed by atoms with Crippen LogP contribution in [0.25, 0.3) is 11.2 Å². The molecule has 0 saturated heterocycles. The number of rotatable bonds is 9. The zero-order chi connectivity index (χ0) is 21.9. The lowest BCUT2D eigenvalue weighted by Gasteiger charge is -2.35. The van der Waals surface area contributed by atoms with Crippen LogP contribution < -0.4 is 10.1 Å². The number of ether oxygens (including phenoxy) is 2. The minimum absolute atomic E-state index is 0.143. The zero-order valence-electron chi connectivity index (χ0n) is 17.0. The molecule has 1 aliphatic rings. The van der Waals surface area contributed by atoms with Gasteiger partial charge in [0.1, 0.15) is 5.52 Å². The Morgan fingerprint density at radius 3 is 2.81 bits per heavy atom. The quantitative estimate of drug-likeness (QED) is 0.406. The van der Waals surface area contributed by atoms with Crippen molar-refractivity contribution in [1.29, 1.82) is 0 Å². The molecule has 0 radical (unpaired) electrons. The fourth-order valence-corrected chi connectivity index (χ4v) is 3.69. The fourth-order valence-electron chi connectivity index (χ4n) is 3.69. The smallest absolute Gasteiger partial charge is 0.388 e. The molecule has 0 unspecified atom stereocenters. The lowest BCUT2D eigenvalue weighted by Crippen LogP contribution is -2.34. The molecular weight excluding hydrogens is 420 g/mol. The van der Waals surface area contributed by atoms with E-state index >= 15 is 0 Å². The van der Waals surface area contributed by atoms with Gasteiger partial charge in [-0.1, -0.05) is 30.3 Å². The standard InChI is InChI=1S/C21H21F2N7O2/c22-21(23)32-19-8-17(28-29-19)26-18-10-24-16-9-25-30(20(16)27-18)11-14-6-15(7-14)31-12-13-4-2-1-3-5-13/h1-5,8-10,14-15,21H,6-7,11-12H2,(H2,26,27,28,29)/t14-,15-. The predicted octanol–water partition coefficient (Wildman–Crippen LogP) is 3.89. The Hall–Kier alpha value is -3.60. The Bertz CT molecular complexity index is 1180. The van der Waals surface area contributed by atoms with Gasteiger partial charge in [0, 0.05) is 12.6 Å². The summed E-state index contributed by atoms with van der Waals surface area (Å²) in [5.41, 5.74) is 2.49. The third-order valence-corrected chi connectivity index (χ3v) is 5.32. The number of nitrogens with one attached hydrogen (secondary N) is 2. The van der Waals surface area contributed by atoms with E-state index in [4.69, 9.17) is 4.74 Å². The van der Waals surface area contributed by atoms with Crippen LogP contribution in [0.2, 0.25) is 0 Å². The van der Waals surface area contributed by atoms with Gasteiger partial charge in [0.15, 0.2) is 17.3 Å². The molecule has 5 rings (SSSR count). The van der Waals surface area contributed by atoms with E-state index < -0.39 is 6.61 Å². The first kappa shape index (κ1) is 20.3. The second kappa shape index (κ2) is 8.87. The molecule has 0 bridgehead atoms. The third kappa shape index (κ3) is 4.67. The Labute approximate surface area is 181 Å². The summed E-state index contributed by atoms with van der Waals surface area (Å²) in [6, 6.07) is 11.5. The highest BCUT2D eigenvalue weighted by Gasteiger charge is 2.30. The summed E-state index contributed by atoms with van der Waals surface area (Å²) < 4.78 is 36.7. The van der Waals surface area contributed by atoms with Crippen LogP contribution in [0, 0.1) is 5.92 Å². The number of H-pyrrole nitrogens is 1. The van der Waals surface area contributed by atoms with Crippen molar-refractivity contribution in [2.24, 2.45) is 5.92 Å². The van der Waals surface area contributed by atoms with E-state index in [9.17, 15) is 8.78 Å². The van der Waals surface area contributed by atoms with Gasteiger partial charge < -0.3 is 14.8 Å². The van der Waals surface area contributed by atoms with Crippen LogP contribution in [0.3, 0.4) is 0 Å². The second-order valence-electron chi connectivity index (χ2n) is 7.67. The molecule has 1 fully saturated rings. The number of fused-ring (bicyclic) bond motifs is 1. The molecule has 1 aliphatic carbocycles. The molecule has 4 aromatic rings. The first-order chi connectivity index (χ1) is 15.6. The van der Waals surface area contributed by atoms with Gasteiger partial charge in [0.05, 0.1) is 25.1 Å². The summed E-state index contributed by atoms with van der Waals surface area (Å²) >= 11 is 0. The average molecular weight is 441 g/mol. The van der Waals surface area contributed by atoms with Gasteiger partial charge in [-0.25, -0.2) is 19.7 Å². The molecule has 32 heavy (non-hydrogen) atoms. The number of hydrogen-bond donors (Lipinski definition) is 2. The molecule has 9 nitrogen and oxygen atoms in total. The minimum Gasteiger partial charge on any atom is -0.417 e. The third-order valence-electron chi connectivity index (χ3n) is 5.32. The Morgan fingerprint density at radius 1 is 1.16 bits per heavy atom. The molecule has 2 N–H and O–H groups in total. The van der Waals surface area contributed by atoms with Gasteiger partial charge >= 0.3 is 6.61 Å². The van der Waals surface area contributed by atoms with E-state index in [0.717, 1.165) is 19.4 Å². The summed E-state index contributed by atoms with van der Waals surface area (Å²) in [4.78, 5) is 8.92. The second-order valence-corrected chi connectivity index (χ2v) is 7.67. The summed E-state index contributed by atoms with van der Waals surface area (Å²) in [6.45, 7) is -1.58. The van der Waals surface area contributed by atoms with E-state index in [1.165, 1.54) is 17.8 Å². The number of benzene rings is 1. The van der Waals surface area contributed by atoms with Gasteiger partial charge in [-0.05, 0) is 24.3 Å². The highest BCUT2D eigenvalue weighted by molar-refractivity contribution is 5.71. The number of hydrogen-bond acceptors (Lipinski definition) is 7. The molecule has 1 aromatic carbocycles. The lowest BCUT2D eigenvalue weighted by molar-refractivity contribution is -0.0528. The minimum atomic E-state index is -2.93. The number of aromatic nitrogens is 6. The lowest BCUT2D eigenvalue weighted by atomic mass is 9.82. The van der Waals surface area contributed by atoms with Gasteiger partial charge in [0.25, 0.3) is 0 Å². The average Bonchev–Trinajstić information content (AvgIpc) is 3.36. The van der Waals surface area contributed by atoms with E-state index in [2.05, 4.69) is 47.5 Å². The molecule has 166 valence electrons. The molecule has 3 aromatic heterocycles. The van der Waals surface area contributed by atoms with Crippen molar-refractivity contribution in [1.82, 2.24) is 29.9 Å². The molecule has 0 spiro atoms. The number of aromatic amines is 1. The first-order valence-electron chi connectivity index (χ1n) is 10.2. The van der Waals surface area contributed by atoms with Crippen molar-refractivity contribution < 1.29 is 18.3 Å². The molecule has 0 aliphatic heterocycles. The number of halogens is 2. The SMILES string of the molecule is FC(F)Oc1cc(Nc2cnc3cnn(C[C@H]4C[C@H](OCc5ccccc5)C4)c3n2)n[nH]1. The van der Waals surface area contributed by atoms with Crippen molar-refractivity contribution in [3.63, 3.8) is 0 Å². The monoisotopic (exact) mass is 441 g/mol. The first-order valence-corrected chi connectivity index (χ1v) is 10.2. The summed E-state index contributed by atoms with van der Waals surface area (Å²) in [5.74, 6) is 1.03.